The standard InChI is InChI=1S/C22H27NO4/c1-13-6-5-7-14(2)17(13)18-19(27-21(25)15-8-9-15)22(3,4)23(20(18)24)16-10-11-26-12-16/h5-7,15-16H,8-12H2,1-4H3. The van der Waals surface area contributed by atoms with Crippen molar-refractivity contribution in [2.75, 3.05) is 13.2 Å². The number of benzene rings is 1. The van der Waals surface area contributed by atoms with Crippen molar-refractivity contribution in [1.82, 2.24) is 4.90 Å². The summed E-state index contributed by atoms with van der Waals surface area (Å²) < 4.78 is 11.5. The number of rotatable bonds is 4. The first-order valence-corrected chi connectivity index (χ1v) is 9.76. The largest absolute Gasteiger partial charge is 0.427 e. The fourth-order valence-electron chi connectivity index (χ4n) is 4.34. The van der Waals surface area contributed by atoms with Gasteiger partial charge in [0.1, 0.15) is 5.76 Å². The molecule has 1 amide bonds. The number of carbonyl (C=O) groups is 2. The molecule has 2 heterocycles. The van der Waals surface area contributed by atoms with E-state index in [4.69, 9.17) is 9.47 Å². The number of hydrogen-bond acceptors (Lipinski definition) is 4. The summed E-state index contributed by atoms with van der Waals surface area (Å²) in [6.07, 6.45) is 2.55. The van der Waals surface area contributed by atoms with Crippen molar-refractivity contribution >= 4 is 17.4 Å². The second-order valence-corrected chi connectivity index (χ2v) is 8.42. The summed E-state index contributed by atoms with van der Waals surface area (Å²) in [5.41, 5.74) is 2.76. The minimum atomic E-state index is -0.690. The molecule has 1 aromatic carbocycles. The van der Waals surface area contributed by atoms with E-state index < -0.39 is 5.54 Å². The number of esters is 1. The Morgan fingerprint density at radius 1 is 1.19 bits per heavy atom. The maximum atomic E-state index is 13.6. The summed E-state index contributed by atoms with van der Waals surface area (Å²) in [5, 5.41) is 0. The van der Waals surface area contributed by atoms with Crippen LogP contribution in [0.15, 0.2) is 24.0 Å². The molecule has 0 spiro atoms. The lowest BCUT2D eigenvalue weighted by Crippen LogP contribution is -2.50. The van der Waals surface area contributed by atoms with Gasteiger partial charge in [0.05, 0.1) is 29.7 Å². The van der Waals surface area contributed by atoms with Crippen LogP contribution in [0.25, 0.3) is 5.57 Å². The van der Waals surface area contributed by atoms with Crippen LogP contribution in [0, 0.1) is 19.8 Å². The van der Waals surface area contributed by atoms with Gasteiger partial charge in [-0.25, -0.2) is 0 Å². The van der Waals surface area contributed by atoms with Gasteiger partial charge in [0.15, 0.2) is 0 Å². The number of nitrogens with zero attached hydrogens (tertiary/aromatic N) is 1. The van der Waals surface area contributed by atoms with E-state index in [9.17, 15) is 9.59 Å². The van der Waals surface area contributed by atoms with E-state index in [1.165, 1.54) is 0 Å². The summed E-state index contributed by atoms with van der Waals surface area (Å²) in [5.74, 6) is 0.200. The van der Waals surface area contributed by atoms with Crippen LogP contribution in [0.2, 0.25) is 0 Å². The predicted octanol–water partition coefficient (Wildman–Crippen LogP) is 3.38. The molecular weight excluding hydrogens is 342 g/mol. The molecular formula is C22H27NO4. The van der Waals surface area contributed by atoms with Gasteiger partial charge in [-0.05, 0) is 63.6 Å². The SMILES string of the molecule is Cc1cccc(C)c1C1=C(OC(=O)C2CC2)C(C)(C)N(C2CCOC2)C1=O. The number of amides is 1. The van der Waals surface area contributed by atoms with Crippen LogP contribution >= 0.6 is 0 Å². The fourth-order valence-corrected chi connectivity index (χ4v) is 4.34. The van der Waals surface area contributed by atoms with E-state index in [1.807, 2.05) is 50.8 Å². The van der Waals surface area contributed by atoms with E-state index in [-0.39, 0.29) is 23.8 Å². The summed E-state index contributed by atoms with van der Waals surface area (Å²) in [6.45, 7) is 9.12. The average Bonchev–Trinajstić information content (AvgIpc) is 3.29. The molecule has 144 valence electrons. The second-order valence-electron chi connectivity index (χ2n) is 8.42. The first kappa shape index (κ1) is 18.2. The average molecular weight is 369 g/mol. The lowest BCUT2D eigenvalue weighted by molar-refractivity contribution is -0.144. The Balaban J connectivity index is 1.85. The van der Waals surface area contributed by atoms with Crippen LogP contribution in [-0.2, 0) is 19.1 Å². The summed E-state index contributed by atoms with van der Waals surface area (Å²) in [7, 11) is 0. The monoisotopic (exact) mass is 369 g/mol. The summed E-state index contributed by atoms with van der Waals surface area (Å²) in [6, 6.07) is 5.98. The maximum Gasteiger partial charge on any atom is 0.314 e. The van der Waals surface area contributed by atoms with Crippen molar-refractivity contribution in [2.24, 2.45) is 5.92 Å². The molecule has 3 aliphatic rings. The van der Waals surface area contributed by atoms with E-state index in [0.717, 1.165) is 36.0 Å². The van der Waals surface area contributed by atoms with E-state index in [1.54, 1.807) is 0 Å². The van der Waals surface area contributed by atoms with E-state index in [2.05, 4.69) is 0 Å². The van der Waals surface area contributed by atoms with Gasteiger partial charge in [-0.3, -0.25) is 9.59 Å². The molecule has 27 heavy (non-hydrogen) atoms. The highest BCUT2D eigenvalue weighted by Gasteiger charge is 2.52. The summed E-state index contributed by atoms with van der Waals surface area (Å²) in [4.78, 5) is 28.0. The first-order chi connectivity index (χ1) is 12.8. The number of aryl methyl sites for hydroxylation is 2. The number of hydrogen-bond donors (Lipinski definition) is 0. The zero-order valence-electron chi connectivity index (χ0n) is 16.5. The van der Waals surface area contributed by atoms with Crippen LogP contribution in [-0.4, -0.2) is 41.6 Å². The van der Waals surface area contributed by atoms with Gasteiger partial charge >= 0.3 is 5.97 Å². The van der Waals surface area contributed by atoms with Crippen LogP contribution in [0.1, 0.15) is 49.8 Å². The smallest absolute Gasteiger partial charge is 0.314 e. The van der Waals surface area contributed by atoms with E-state index in [0.29, 0.717) is 24.5 Å². The summed E-state index contributed by atoms with van der Waals surface area (Å²) >= 11 is 0. The third-order valence-corrected chi connectivity index (χ3v) is 5.93. The molecule has 5 heteroatoms. The van der Waals surface area contributed by atoms with Crippen LogP contribution < -0.4 is 0 Å². The van der Waals surface area contributed by atoms with Crippen LogP contribution in [0.4, 0.5) is 0 Å². The molecule has 0 N–H and O–H groups in total. The Morgan fingerprint density at radius 2 is 1.85 bits per heavy atom. The van der Waals surface area contributed by atoms with Gasteiger partial charge in [0, 0.05) is 6.61 Å². The molecule has 2 fully saturated rings. The molecule has 1 saturated carbocycles. The van der Waals surface area contributed by atoms with Crippen LogP contribution in [0.3, 0.4) is 0 Å². The predicted molar refractivity (Wildman–Crippen MR) is 102 cm³/mol. The quantitative estimate of drug-likeness (QED) is 0.764. The van der Waals surface area contributed by atoms with Gasteiger partial charge in [0.2, 0.25) is 0 Å². The molecule has 1 atom stereocenters. The molecule has 0 radical (unpaired) electrons. The lowest BCUT2D eigenvalue weighted by atomic mass is 9.93. The van der Waals surface area contributed by atoms with Gasteiger partial charge in [0.25, 0.3) is 5.91 Å². The molecule has 1 unspecified atom stereocenters. The zero-order valence-corrected chi connectivity index (χ0v) is 16.5. The molecule has 4 rings (SSSR count). The Bertz CT molecular complexity index is 808. The van der Waals surface area contributed by atoms with E-state index >= 15 is 0 Å². The molecule has 5 nitrogen and oxygen atoms in total. The highest BCUT2D eigenvalue weighted by molar-refractivity contribution is 6.24. The maximum absolute atomic E-state index is 13.6. The molecule has 0 bridgehead atoms. The van der Waals surface area contributed by atoms with Gasteiger partial charge in [-0.2, -0.15) is 0 Å². The molecule has 0 aromatic heterocycles. The third kappa shape index (κ3) is 2.98. The lowest BCUT2D eigenvalue weighted by Gasteiger charge is -2.37. The molecule has 2 aliphatic heterocycles. The van der Waals surface area contributed by atoms with Crippen molar-refractivity contribution in [3.8, 4) is 0 Å². The van der Waals surface area contributed by atoms with Crippen LogP contribution in [0.5, 0.6) is 0 Å². The van der Waals surface area contributed by atoms with Crippen molar-refractivity contribution in [1.29, 1.82) is 0 Å². The first-order valence-electron chi connectivity index (χ1n) is 9.76. The van der Waals surface area contributed by atoms with Gasteiger partial charge in [-0.1, -0.05) is 18.2 Å². The molecule has 1 aromatic rings. The molecule has 1 aliphatic carbocycles. The highest BCUT2D eigenvalue weighted by atomic mass is 16.5. The second kappa shape index (κ2) is 6.48. The Labute approximate surface area is 160 Å². The van der Waals surface area contributed by atoms with Gasteiger partial charge in [-0.15, -0.1) is 0 Å². The minimum absolute atomic E-state index is 0.00366. The fraction of sp³-hybridized carbons (Fsp3) is 0.545. The normalized spacial score (nSPS) is 24.7. The Kier molecular flexibility index (Phi) is 4.38. The number of carbonyl (C=O) groups excluding carboxylic acids is 2. The van der Waals surface area contributed by atoms with Crippen molar-refractivity contribution in [3.05, 3.63) is 40.6 Å². The van der Waals surface area contributed by atoms with Gasteiger partial charge < -0.3 is 14.4 Å². The Morgan fingerprint density at radius 3 is 2.41 bits per heavy atom. The van der Waals surface area contributed by atoms with Crippen molar-refractivity contribution in [2.45, 2.75) is 58.5 Å². The third-order valence-electron chi connectivity index (χ3n) is 5.93. The zero-order chi connectivity index (χ0) is 19.3. The molecule has 1 saturated heterocycles. The topological polar surface area (TPSA) is 55.8 Å². The Hall–Kier alpha value is -2.14. The number of ether oxygens (including phenoxy) is 2. The minimum Gasteiger partial charge on any atom is -0.427 e. The van der Waals surface area contributed by atoms with Crippen molar-refractivity contribution in [3.63, 3.8) is 0 Å². The highest BCUT2D eigenvalue weighted by Crippen LogP contribution is 2.45. The van der Waals surface area contributed by atoms with Crippen molar-refractivity contribution < 1.29 is 19.1 Å².